The first kappa shape index (κ1) is 24.0. The molecule has 178 valence electrons. The summed E-state index contributed by atoms with van der Waals surface area (Å²) >= 11 is 11.9. The molecule has 4 amide bonds. The summed E-state index contributed by atoms with van der Waals surface area (Å²) in [6.45, 7) is 0.0759. The molecular weight excluding hydrogens is 494 g/mol. The van der Waals surface area contributed by atoms with Crippen LogP contribution in [0.1, 0.15) is 24.4 Å². The lowest BCUT2D eigenvalue weighted by atomic mass is 10.0. The van der Waals surface area contributed by atoms with Crippen molar-refractivity contribution in [1.29, 1.82) is 0 Å². The number of ether oxygens (including phenoxy) is 1. The highest BCUT2D eigenvalue weighted by Crippen LogP contribution is 2.37. The van der Waals surface area contributed by atoms with Gasteiger partial charge in [0, 0.05) is 16.4 Å². The molecule has 1 atom stereocenters. The maximum Gasteiger partial charge on any atom is 0.573 e. The number of urea groups is 2. The molecule has 1 fully saturated rings. The minimum absolute atomic E-state index is 0.0759. The fraction of sp³-hybridized carbons (Fsp3) is 0.217. The molecule has 1 N–H and O–H groups in total. The van der Waals surface area contributed by atoms with Crippen LogP contribution in [-0.4, -0.2) is 34.8 Å². The van der Waals surface area contributed by atoms with E-state index in [2.05, 4.69) is 10.1 Å². The number of amides is 4. The number of halogens is 5. The molecule has 34 heavy (non-hydrogen) atoms. The second-order valence-corrected chi connectivity index (χ2v) is 8.48. The highest BCUT2D eigenvalue weighted by molar-refractivity contribution is 6.32. The van der Waals surface area contributed by atoms with E-state index in [4.69, 9.17) is 23.2 Å². The normalized spacial score (nSPS) is 18.5. The number of nitrogens with zero attached hydrogens (tertiary/aromatic N) is 2. The number of imide groups is 1. The molecule has 6 nitrogen and oxygen atoms in total. The van der Waals surface area contributed by atoms with Crippen molar-refractivity contribution >= 4 is 41.0 Å². The van der Waals surface area contributed by atoms with E-state index >= 15 is 0 Å². The van der Waals surface area contributed by atoms with E-state index in [0.717, 1.165) is 28.3 Å². The Hall–Kier alpha value is -3.17. The van der Waals surface area contributed by atoms with Gasteiger partial charge in [0.05, 0.1) is 17.6 Å². The molecule has 0 aromatic heterocycles. The van der Waals surface area contributed by atoms with Gasteiger partial charge in [0.15, 0.2) is 0 Å². The molecule has 1 aliphatic heterocycles. The van der Waals surface area contributed by atoms with Gasteiger partial charge in [-0.1, -0.05) is 53.5 Å². The summed E-state index contributed by atoms with van der Waals surface area (Å²) < 4.78 is 41.2. The van der Waals surface area contributed by atoms with E-state index in [0.29, 0.717) is 17.9 Å². The Morgan fingerprint density at radius 1 is 1.06 bits per heavy atom. The van der Waals surface area contributed by atoms with Crippen molar-refractivity contribution in [3.05, 3.63) is 82.0 Å². The van der Waals surface area contributed by atoms with Gasteiger partial charge in [-0.15, -0.1) is 13.2 Å². The number of anilines is 1. The zero-order chi connectivity index (χ0) is 24.5. The summed E-state index contributed by atoms with van der Waals surface area (Å²) in [7, 11) is 0. The van der Waals surface area contributed by atoms with E-state index in [1.807, 2.05) is 30.3 Å². The zero-order valence-corrected chi connectivity index (χ0v) is 19.0. The van der Waals surface area contributed by atoms with Crippen molar-refractivity contribution < 1.29 is 27.5 Å². The van der Waals surface area contributed by atoms with E-state index in [1.54, 1.807) is 17.1 Å². The van der Waals surface area contributed by atoms with Crippen molar-refractivity contribution in [2.45, 2.75) is 25.2 Å². The number of carbonyl (C=O) groups is 2. The lowest BCUT2D eigenvalue weighted by Crippen LogP contribution is -2.38. The first-order valence-electron chi connectivity index (χ1n) is 10.2. The fourth-order valence-electron chi connectivity index (χ4n) is 3.80. The molecule has 2 aromatic carbocycles. The molecule has 0 saturated carbocycles. The van der Waals surface area contributed by atoms with Gasteiger partial charge < -0.3 is 10.1 Å². The van der Waals surface area contributed by atoms with Crippen LogP contribution in [-0.2, 0) is 0 Å². The Bertz CT molecular complexity index is 1170. The van der Waals surface area contributed by atoms with Crippen molar-refractivity contribution in [3.63, 3.8) is 0 Å². The van der Waals surface area contributed by atoms with Crippen LogP contribution in [0.25, 0.3) is 0 Å². The van der Waals surface area contributed by atoms with Crippen LogP contribution in [0.3, 0.4) is 0 Å². The number of benzene rings is 2. The van der Waals surface area contributed by atoms with Gasteiger partial charge in [0.25, 0.3) is 0 Å². The molecule has 1 heterocycles. The molecule has 1 aliphatic carbocycles. The maximum absolute atomic E-state index is 13.3. The van der Waals surface area contributed by atoms with Crippen molar-refractivity contribution in [2.24, 2.45) is 0 Å². The first-order chi connectivity index (χ1) is 16.1. The third-order valence-electron chi connectivity index (χ3n) is 5.33. The van der Waals surface area contributed by atoms with Crippen LogP contribution < -0.4 is 10.1 Å². The Labute approximate surface area is 203 Å². The fourth-order valence-corrected chi connectivity index (χ4v) is 4.17. The minimum Gasteiger partial charge on any atom is -0.404 e. The maximum atomic E-state index is 13.3. The number of allylic oxidation sites excluding steroid dienone is 4. The van der Waals surface area contributed by atoms with Gasteiger partial charge in [0.2, 0.25) is 0 Å². The third kappa shape index (κ3) is 5.31. The third-order valence-corrected chi connectivity index (χ3v) is 5.94. The number of hydrogen-bond acceptors (Lipinski definition) is 3. The number of rotatable bonds is 4. The predicted molar refractivity (Wildman–Crippen MR) is 122 cm³/mol. The summed E-state index contributed by atoms with van der Waals surface area (Å²) in [6.07, 6.45) is -0.295. The van der Waals surface area contributed by atoms with Crippen LogP contribution in [0, 0.1) is 0 Å². The van der Waals surface area contributed by atoms with Crippen LogP contribution in [0.15, 0.2) is 71.4 Å². The molecule has 0 spiro atoms. The molecule has 1 saturated heterocycles. The first-order valence-corrected chi connectivity index (χ1v) is 10.9. The predicted octanol–water partition coefficient (Wildman–Crippen LogP) is 7.05. The van der Waals surface area contributed by atoms with Gasteiger partial charge in [-0.05, 0) is 48.8 Å². The quantitative estimate of drug-likeness (QED) is 0.478. The number of hydrogen-bond donors (Lipinski definition) is 1. The molecule has 0 bridgehead atoms. The average Bonchev–Trinajstić information content (AvgIpc) is 3.13. The van der Waals surface area contributed by atoms with Crippen molar-refractivity contribution in [3.8, 4) is 5.75 Å². The van der Waals surface area contributed by atoms with Gasteiger partial charge in [0.1, 0.15) is 5.75 Å². The molecule has 0 radical (unpaired) electrons. The highest BCUT2D eigenvalue weighted by Gasteiger charge is 2.43. The lowest BCUT2D eigenvalue weighted by Gasteiger charge is -2.27. The smallest absolute Gasteiger partial charge is 0.404 e. The standard InChI is InChI=1S/C23H18Cl2F3N3O3/c24-15-6-9-17(10-7-15)31-19(14-4-2-1-3-5-14)13-30(22(31)33)21(32)29-16-8-11-20(18(25)12-16)34-23(26,27)28/h1-6,8-9,11-12,19H,7,10,13H2,(H,29,32). The Balaban J connectivity index is 1.56. The van der Waals surface area contributed by atoms with E-state index in [9.17, 15) is 22.8 Å². The van der Waals surface area contributed by atoms with E-state index < -0.39 is 30.2 Å². The molecular formula is C23H18Cl2F3N3O3. The number of alkyl halides is 3. The lowest BCUT2D eigenvalue weighted by molar-refractivity contribution is -0.274. The largest absolute Gasteiger partial charge is 0.573 e. The summed E-state index contributed by atoms with van der Waals surface area (Å²) in [5.41, 5.74) is 1.69. The molecule has 1 unspecified atom stereocenters. The van der Waals surface area contributed by atoms with E-state index in [1.165, 1.54) is 6.07 Å². The van der Waals surface area contributed by atoms with Crippen LogP contribution in [0.5, 0.6) is 5.75 Å². The van der Waals surface area contributed by atoms with E-state index in [-0.39, 0.29) is 17.3 Å². The van der Waals surface area contributed by atoms with Gasteiger partial charge in [-0.3, -0.25) is 4.90 Å². The zero-order valence-electron chi connectivity index (χ0n) is 17.5. The van der Waals surface area contributed by atoms with Crippen LogP contribution >= 0.6 is 23.2 Å². The van der Waals surface area contributed by atoms with Crippen molar-refractivity contribution in [2.75, 3.05) is 11.9 Å². The summed E-state index contributed by atoms with van der Waals surface area (Å²) in [6, 6.07) is 10.9. The van der Waals surface area contributed by atoms with Gasteiger partial charge >= 0.3 is 18.4 Å². The van der Waals surface area contributed by atoms with Crippen LogP contribution in [0.4, 0.5) is 28.4 Å². The highest BCUT2D eigenvalue weighted by atomic mass is 35.5. The average molecular weight is 512 g/mol. The summed E-state index contributed by atoms with van der Waals surface area (Å²) in [4.78, 5) is 28.9. The SMILES string of the molecule is O=C(Nc1ccc(OC(F)(F)F)c(Cl)c1)N1CC(c2ccccc2)N(C2=CC=C(Cl)CC2)C1=O. The Morgan fingerprint density at radius 3 is 2.41 bits per heavy atom. The second-order valence-electron chi connectivity index (χ2n) is 7.58. The monoisotopic (exact) mass is 511 g/mol. The Morgan fingerprint density at radius 2 is 1.79 bits per heavy atom. The summed E-state index contributed by atoms with van der Waals surface area (Å²) in [5, 5.41) is 2.85. The molecule has 2 aromatic rings. The molecule has 2 aliphatic rings. The molecule has 4 rings (SSSR count). The van der Waals surface area contributed by atoms with Gasteiger partial charge in [-0.25, -0.2) is 14.5 Å². The summed E-state index contributed by atoms with van der Waals surface area (Å²) in [5.74, 6) is -0.601. The van der Waals surface area contributed by atoms with Gasteiger partial charge in [-0.2, -0.15) is 0 Å². The number of nitrogens with one attached hydrogen (secondary N) is 1. The number of carbonyl (C=O) groups excluding carboxylic acids is 2. The Kier molecular flexibility index (Phi) is 6.77. The second kappa shape index (κ2) is 9.60. The van der Waals surface area contributed by atoms with Crippen LogP contribution in [0.2, 0.25) is 5.02 Å². The topological polar surface area (TPSA) is 61.9 Å². The minimum atomic E-state index is -4.90. The molecule has 11 heteroatoms. The van der Waals surface area contributed by atoms with Crippen molar-refractivity contribution in [1.82, 2.24) is 9.80 Å².